The number of carbonyl (C=O) groups excluding carboxylic acids is 1. The summed E-state index contributed by atoms with van der Waals surface area (Å²) in [6, 6.07) is 7.48. The summed E-state index contributed by atoms with van der Waals surface area (Å²) in [7, 11) is 0. The minimum absolute atomic E-state index is 0.222. The van der Waals surface area contributed by atoms with Crippen LogP contribution in [0.15, 0.2) is 33.9 Å². The fraction of sp³-hybridized carbons (Fsp3) is 0.273. The van der Waals surface area contributed by atoms with Crippen molar-refractivity contribution >= 4 is 28.8 Å². The Morgan fingerprint density at radius 1 is 1.59 bits per heavy atom. The number of carbonyl (C=O) groups is 1. The van der Waals surface area contributed by atoms with E-state index < -0.39 is 0 Å². The van der Waals surface area contributed by atoms with Gasteiger partial charge in [-0.2, -0.15) is 0 Å². The second kappa shape index (κ2) is 5.20. The number of thioether (sulfide) groups is 1. The van der Waals surface area contributed by atoms with Crippen LogP contribution in [0.2, 0.25) is 0 Å². The Hall–Kier alpha value is -1.53. The van der Waals surface area contributed by atoms with Crippen molar-refractivity contribution in [3.63, 3.8) is 0 Å². The molecule has 0 radical (unpaired) electrons. The monoisotopic (exact) mass is 251 g/mol. The Balaban J connectivity index is 2.19. The molecule has 0 spiro atoms. The number of nitrogens with zero attached hydrogens (tertiary/aromatic N) is 1. The van der Waals surface area contributed by atoms with Crippen LogP contribution in [0, 0.1) is 0 Å². The molecular formula is C11H13N3O2S. The second-order valence-electron chi connectivity index (χ2n) is 3.47. The van der Waals surface area contributed by atoms with E-state index in [9.17, 15) is 4.79 Å². The highest BCUT2D eigenvalue weighted by Crippen LogP contribution is 2.27. The Morgan fingerprint density at radius 2 is 2.35 bits per heavy atom. The van der Waals surface area contributed by atoms with Crippen LogP contribution >= 0.6 is 11.8 Å². The Morgan fingerprint density at radius 3 is 3.00 bits per heavy atom. The molecule has 0 aliphatic heterocycles. The van der Waals surface area contributed by atoms with Gasteiger partial charge in [0.15, 0.2) is 5.58 Å². The van der Waals surface area contributed by atoms with Crippen molar-refractivity contribution in [2.45, 2.75) is 23.8 Å². The van der Waals surface area contributed by atoms with Gasteiger partial charge in [0.25, 0.3) is 5.22 Å². The number of hydrazine groups is 1. The highest BCUT2D eigenvalue weighted by Gasteiger charge is 2.19. The third-order valence-corrected chi connectivity index (χ3v) is 3.53. The van der Waals surface area contributed by atoms with Gasteiger partial charge in [0, 0.05) is 0 Å². The number of oxazole rings is 1. The van der Waals surface area contributed by atoms with Gasteiger partial charge in [-0.15, -0.1) is 0 Å². The number of nitrogens with one attached hydrogen (secondary N) is 1. The number of hydrogen-bond acceptors (Lipinski definition) is 5. The highest BCUT2D eigenvalue weighted by molar-refractivity contribution is 8.00. The zero-order valence-corrected chi connectivity index (χ0v) is 10.2. The minimum Gasteiger partial charge on any atom is -0.431 e. The van der Waals surface area contributed by atoms with Crippen molar-refractivity contribution in [3.05, 3.63) is 24.3 Å². The van der Waals surface area contributed by atoms with Crippen LogP contribution in [0.25, 0.3) is 11.1 Å². The van der Waals surface area contributed by atoms with Gasteiger partial charge in [0.2, 0.25) is 5.91 Å². The van der Waals surface area contributed by atoms with E-state index >= 15 is 0 Å². The minimum atomic E-state index is -0.284. The number of hydrogen-bond donors (Lipinski definition) is 2. The molecule has 2 rings (SSSR count). The van der Waals surface area contributed by atoms with Gasteiger partial charge >= 0.3 is 0 Å². The predicted octanol–water partition coefficient (Wildman–Crippen LogP) is 1.69. The molecule has 0 fully saturated rings. The summed E-state index contributed by atoms with van der Waals surface area (Å²) in [5.74, 6) is 4.89. The second-order valence-corrected chi connectivity index (χ2v) is 4.62. The van der Waals surface area contributed by atoms with Gasteiger partial charge in [-0.1, -0.05) is 30.8 Å². The van der Waals surface area contributed by atoms with Crippen LogP contribution in [0.5, 0.6) is 0 Å². The standard InChI is InChI=1S/C11H13N3O2S/c1-2-9(10(15)14-12)17-11-13-7-5-3-4-6-8(7)16-11/h3-6,9H,2,12H2,1H3,(H,14,15). The first kappa shape index (κ1) is 11.9. The Labute approximate surface area is 103 Å². The molecule has 1 amide bonds. The number of para-hydroxylation sites is 2. The molecule has 0 saturated carbocycles. The van der Waals surface area contributed by atoms with Crippen molar-refractivity contribution < 1.29 is 9.21 Å². The molecule has 0 saturated heterocycles. The summed E-state index contributed by atoms with van der Waals surface area (Å²) < 4.78 is 5.53. The number of nitrogens with two attached hydrogens (primary N) is 1. The SMILES string of the molecule is CCC(Sc1nc2ccccc2o1)C(=O)NN. The zero-order valence-electron chi connectivity index (χ0n) is 9.34. The maximum absolute atomic E-state index is 11.4. The summed E-state index contributed by atoms with van der Waals surface area (Å²) >= 11 is 1.28. The molecule has 6 heteroatoms. The average Bonchev–Trinajstić information content (AvgIpc) is 2.77. The largest absolute Gasteiger partial charge is 0.431 e. The van der Waals surface area contributed by atoms with Crippen LogP contribution in [0.3, 0.4) is 0 Å². The molecule has 1 aromatic carbocycles. The molecule has 1 heterocycles. The number of fused-ring (bicyclic) bond motifs is 1. The normalized spacial score (nSPS) is 12.6. The van der Waals surface area contributed by atoms with E-state index in [0.717, 1.165) is 11.1 Å². The number of amides is 1. The fourth-order valence-electron chi connectivity index (χ4n) is 1.44. The quantitative estimate of drug-likeness (QED) is 0.374. The molecular weight excluding hydrogens is 238 g/mol. The van der Waals surface area contributed by atoms with Gasteiger partial charge in [0.1, 0.15) is 5.52 Å². The Kier molecular flexibility index (Phi) is 3.65. The maximum Gasteiger partial charge on any atom is 0.257 e. The van der Waals surface area contributed by atoms with Gasteiger partial charge < -0.3 is 4.42 Å². The first-order valence-electron chi connectivity index (χ1n) is 5.27. The summed E-state index contributed by atoms with van der Waals surface area (Å²) in [4.78, 5) is 15.7. The van der Waals surface area contributed by atoms with Crippen LogP contribution in [0.1, 0.15) is 13.3 Å². The van der Waals surface area contributed by atoms with Crippen molar-refractivity contribution in [1.82, 2.24) is 10.4 Å². The number of aromatic nitrogens is 1. The molecule has 1 unspecified atom stereocenters. The van der Waals surface area contributed by atoms with Crippen LogP contribution in [-0.4, -0.2) is 16.1 Å². The maximum atomic E-state index is 11.4. The molecule has 5 nitrogen and oxygen atoms in total. The molecule has 0 aliphatic rings. The van der Waals surface area contributed by atoms with Gasteiger partial charge in [-0.25, -0.2) is 10.8 Å². The lowest BCUT2D eigenvalue weighted by Gasteiger charge is -2.09. The number of benzene rings is 1. The lowest BCUT2D eigenvalue weighted by molar-refractivity contribution is -0.120. The molecule has 0 bridgehead atoms. The van der Waals surface area contributed by atoms with Gasteiger partial charge in [-0.05, 0) is 18.6 Å². The van der Waals surface area contributed by atoms with E-state index in [-0.39, 0.29) is 11.2 Å². The lowest BCUT2D eigenvalue weighted by Crippen LogP contribution is -2.37. The van der Waals surface area contributed by atoms with E-state index in [1.807, 2.05) is 31.2 Å². The molecule has 90 valence electrons. The highest BCUT2D eigenvalue weighted by atomic mass is 32.2. The van der Waals surface area contributed by atoms with E-state index in [1.165, 1.54) is 11.8 Å². The smallest absolute Gasteiger partial charge is 0.257 e. The molecule has 17 heavy (non-hydrogen) atoms. The van der Waals surface area contributed by atoms with E-state index in [0.29, 0.717) is 11.6 Å². The van der Waals surface area contributed by atoms with Crippen molar-refractivity contribution in [2.24, 2.45) is 5.84 Å². The fourth-order valence-corrected chi connectivity index (χ4v) is 2.31. The lowest BCUT2D eigenvalue weighted by atomic mass is 10.3. The third kappa shape index (κ3) is 2.59. The molecule has 0 aliphatic carbocycles. The topological polar surface area (TPSA) is 81.2 Å². The summed E-state index contributed by atoms with van der Waals surface area (Å²) in [6.45, 7) is 1.91. The van der Waals surface area contributed by atoms with Crippen molar-refractivity contribution in [1.29, 1.82) is 0 Å². The van der Waals surface area contributed by atoms with Crippen LogP contribution in [0.4, 0.5) is 0 Å². The van der Waals surface area contributed by atoms with Gasteiger partial charge in [-0.3, -0.25) is 10.2 Å². The van der Waals surface area contributed by atoms with E-state index in [2.05, 4.69) is 10.4 Å². The van der Waals surface area contributed by atoms with Crippen LogP contribution in [-0.2, 0) is 4.79 Å². The molecule has 2 aromatic rings. The average molecular weight is 251 g/mol. The summed E-state index contributed by atoms with van der Waals surface area (Å²) in [6.07, 6.45) is 0.659. The molecule has 3 N–H and O–H groups in total. The van der Waals surface area contributed by atoms with E-state index in [1.54, 1.807) is 0 Å². The zero-order chi connectivity index (χ0) is 12.3. The van der Waals surface area contributed by atoms with Crippen molar-refractivity contribution in [2.75, 3.05) is 0 Å². The third-order valence-electron chi connectivity index (χ3n) is 2.32. The number of rotatable bonds is 4. The van der Waals surface area contributed by atoms with Gasteiger partial charge in [0.05, 0.1) is 5.25 Å². The first-order chi connectivity index (χ1) is 8.24. The summed E-state index contributed by atoms with van der Waals surface area (Å²) in [5, 5.41) is 0.203. The first-order valence-corrected chi connectivity index (χ1v) is 6.15. The molecule has 1 aromatic heterocycles. The van der Waals surface area contributed by atoms with Crippen LogP contribution < -0.4 is 11.3 Å². The van der Waals surface area contributed by atoms with Crippen molar-refractivity contribution in [3.8, 4) is 0 Å². The Bertz CT molecular complexity index is 493. The predicted molar refractivity (Wildman–Crippen MR) is 66.3 cm³/mol. The molecule has 1 atom stereocenters. The van der Waals surface area contributed by atoms with E-state index in [4.69, 9.17) is 10.3 Å². The summed E-state index contributed by atoms with van der Waals surface area (Å²) in [5.41, 5.74) is 3.65.